The summed E-state index contributed by atoms with van der Waals surface area (Å²) < 4.78 is 38.1. The highest BCUT2D eigenvalue weighted by atomic mass is 32.1. The van der Waals surface area contributed by atoms with E-state index in [0.29, 0.717) is 36.1 Å². The largest absolute Gasteiger partial charge is 0.416 e. The number of amides is 2. The van der Waals surface area contributed by atoms with Gasteiger partial charge in [-0.05, 0) is 41.8 Å². The minimum absolute atomic E-state index is 0.0310. The van der Waals surface area contributed by atoms with Crippen molar-refractivity contribution in [3.63, 3.8) is 0 Å². The van der Waals surface area contributed by atoms with Crippen molar-refractivity contribution < 1.29 is 22.8 Å². The van der Waals surface area contributed by atoms with Crippen LogP contribution in [0.4, 0.5) is 13.2 Å². The predicted molar refractivity (Wildman–Crippen MR) is 125 cm³/mol. The molecule has 2 fully saturated rings. The molecule has 5 rings (SSSR count). The van der Waals surface area contributed by atoms with Crippen molar-refractivity contribution >= 4 is 23.2 Å². The third-order valence-corrected chi connectivity index (χ3v) is 7.20. The summed E-state index contributed by atoms with van der Waals surface area (Å²) >= 11 is 1.32. The Morgan fingerprint density at radius 3 is 2.17 bits per heavy atom. The Hall–Kier alpha value is -3.24. The molecule has 3 heterocycles. The number of hydrogen-bond acceptors (Lipinski definition) is 5. The predicted octanol–water partition coefficient (Wildman–Crippen LogP) is 3.69. The van der Waals surface area contributed by atoms with Gasteiger partial charge in [-0.1, -0.05) is 24.3 Å². The smallest absolute Gasteiger partial charge is 0.345 e. The zero-order valence-electron chi connectivity index (χ0n) is 18.7. The highest BCUT2D eigenvalue weighted by Crippen LogP contribution is 2.29. The molecule has 0 bridgehead atoms. The maximum Gasteiger partial charge on any atom is 0.416 e. The van der Waals surface area contributed by atoms with Crippen LogP contribution in [0.1, 0.15) is 36.9 Å². The van der Waals surface area contributed by atoms with Gasteiger partial charge in [-0.3, -0.25) is 14.5 Å². The molecule has 182 valence electrons. The van der Waals surface area contributed by atoms with E-state index >= 15 is 0 Å². The molecule has 0 aliphatic carbocycles. The van der Waals surface area contributed by atoms with Crippen molar-refractivity contribution in [2.75, 3.05) is 26.2 Å². The van der Waals surface area contributed by atoms with Gasteiger partial charge in [0.15, 0.2) is 5.01 Å². The second kappa shape index (κ2) is 9.43. The molecule has 10 heteroatoms. The number of nitrogens with one attached hydrogen (secondary N) is 1. The Morgan fingerprint density at radius 1 is 0.971 bits per heavy atom. The summed E-state index contributed by atoms with van der Waals surface area (Å²) in [5.41, 5.74) is 1.63. The number of benzene rings is 2. The van der Waals surface area contributed by atoms with Crippen LogP contribution in [0.2, 0.25) is 0 Å². The van der Waals surface area contributed by atoms with Crippen molar-refractivity contribution in [3.05, 3.63) is 87.4 Å². The zero-order chi connectivity index (χ0) is 24.6. The number of thiazole rings is 1. The first-order valence-corrected chi connectivity index (χ1v) is 12.1. The van der Waals surface area contributed by atoms with E-state index in [0.717, 1.165) is 36.3 Å². The molecule has 35 heavy (non-hydrogen) atoms. The molecule has 2 aliphatic rings. The first-order valence-electron chi connectivity index (χ1n) is 11.2. The lowest BCUT2D eigenvalue weighted by Gasteiger charge is -2.51. The molecule has 0 atom stereocenters. The van der Waals surface area contributed by atoms with Gasteiger partial charge in [-0.2, -0.15) is 13.2 Å². The highest BCUT2D eigenvalue weighted by Gasteiger charge is 2.41. The Bertz CT molecular complexity index is 1180. The van der Waals surface area contributed by atoms with Gasteiger partial charge >= 0.3 is 6.18 Å². The maximum atomic E-state index is 12.8. The standard InChI is InChI=1S/C25H23F3N4O2S/c26-25(27,28)19-7-3-17(4-8-19)11-16-1-5-18(6-2-16)24(34)32-14-21(15-32)31-12-20(13-31)30-22(33)23-29-9-10-35-23/h1-10,20-21H,11-15H2,(H,30,33). The van der Waals surface area contributed by atoms with Crippen LogP contribution in [-0.4, -0.2) is 64.9 Å². The maximum absolute atomic E-state index is 12.8. The van der Waals surface area contributed by atoms with E-state index < -0.39 is 11.7 Å². The van der Waals surface area contributed by atoms with Crippen LogP contribution in [0.5, 0.6) is 0 Å². The van der Waals surface area contributed by atoms with Gasteiger partial charge in [0.1, 0.15) is 0 Å². The van der Waals surface area contributed by atoms with Gasteiger partial charge in [-0.25, -0.2) is 4.98 Å². The minimum atomic E-state index is -4.34. The van der Waals surface area contributed by atoms with Crippen molar-refractivity contribution in [1.29, 1.82) is 0 Å². The second-order valence-corrected chi connectivity index (χ2v) is 9.79. The normalized spacial score (nSPS) is 17.1. The topological polar surface area (TPSA) is 65.5 Å². The van der Waals surface area contributed by atoms with E-state index in [-0.39, 0.29) is 17.9 Å². The molecule has 0 saturated carbocycles. The summed E-state index contributed by atoms with van der Waals surface area (Å²) in [7, 11) is 0. The van der Waals surface area contributed by atoms with Crippen LogP contribution < -0.4 is 5.32 Å². The number of nitrogens with zero attached hydrogens (tertiary/aromatic N) is 3. The van der Waals surface area contributed by atoms with Crippen LogP contribution in [0.25, 0.3) is 0 Å². The summed E-state index contributed by atoms with van der Waals surface area (Å²) in [6.45, 7) is 2.84. The molecule has 1 aromatic heterocycles. The van der Waals surface area contributed by atoms with Gasteiger partial charge in [0.2, 0.25) is 0 Å². The quantitative estimate of drug-likeness (QED) is 0.561. The van der Waals surface area contributed by atoms with E-state index in [4.69, 9.17) is 0 Å². The van der Waals surface area contributed by atoms with Gasteiger partial charge < -0.3 is 10.2 Å². The molecule has 3 aromatic rings. The summed E-state index contributed by atoms with van der Waals surface area (Å²) in [6.07, 6.45) is -2.24. The van der Waals surface area contributed by atoms with E-state index in [1.165, 1.54) is 23.5 Å². The van der Waals surface area contributed by atoms with Crippen molar-refractivity contribution in [3.8, 4) is 0 Å². The van der Waals surface area contributed by atoms with Crippen molar-refractivity contribution in [2.45, 2.75) is 24.7 Å². The third kappa shape index (κ3) is 5.23. The molecule has 2 aliphatic heterocycles. The molecule has 0 radical (unpaired) electrons. The van der Waals surface area contributed by atoms with Crippen LogP contribution in [0.15, 0.2) is 60.1 Å². The molecule has 2 saturated heterocycles. The van der Waals surface area contributed by atoms with E-state index in [1.54, 1.807) is 28.6 Å². The fraction of sp³-hybridized carbons (Fsp3) is 0.320. The number of hydrogen-bond donors (Lipinski definition) is 1. The van der Waals surface area contributed by atoms with Gasteiger partial charge in [0, 0.05) is 49.4 Å². The average Bonchev–Trinajstić information content (AvgIpc) is 3.31. The number of carbonyl (C=O) groups is 2. The summed E-state index contributed by atoms with van der Waals surface area (Å²) in [5, 5.41) is 5.22. The molecular weight excluding hydrogens is 477 g/mol. The monoisotopic (exact) mass is 500 g/mol. The van der Waals surface area contributed by atoms with E-state index in [1.807, 2.05) is 12.1 Å². The van der Waals surface area contributed by atoms with Crippen LogP contribution in [-0.2, 0) is 12.6 Å². The van der Waals surface area contributed by atoms with Gasteiger partial charge in [0.25, 0.3) is 11.8 Å². The lowest BCUT2D eigenvalue weighted by atomic mass is 9.98. The minimum Gasteiger partial charge on any atom is -0.345 e. The van der Waals surface area contributed by atoms with Gasteiger partial charge in [0.05, 0.1) is 11.6 Å². The number of likely N-dealkylation sites (tertiary alicyclic amines) is 2. The fourth-order valence-corrected chi connectivity index (χ4v) is 4.87. The van der Waals surface area contributed by atoms with Crippen LogP contribution >= 0.6 is 11.3 Å². The number of aromatic nitrogens is 1. The fourth-order valence-electron chi connectivity index (χ4n) is 4.33. The molecule has 6 nitrogen and oxygen atoms in total. The third-order valence-electron chi connectivity index (χ3n) is 6.43. The zero-order valence-corrected chi connectivity index (χ0v) is 19.5. The number of alkyl halides is 3. The lowest BCUT2D eigenvalue weighted by Crippen LogP contribution is -2.70. The molecule has 0 unspecified atom stereocenters. The van der Waals surface area contributed by atoms with Gasteiger partial charge in [-0.15, -0.1) is 11.3 Å². The lowest BCUT2D eigenvalue weighted by molar-refractivity contribution is -0.137. The van der Waals surface area contributed by atoms with E-state index in [2.05, 4.69) is 15.2 Å². The first kappa shape index (κ1) is 23.5. The average molecular weight is 501 g/mol. The molecule has 1 N–H and O–H groups in total. The highest BCUT2D eigenvalue weighted by molar-refractivity contribution is 7.11. The van der Waals surface area contributed by atoms with Crippen molar-refractivity contribution in [1.82, 2.24) is 20.1 Å². The van der Waals surface area contributed by atoms with Crippen molar-refractivity contribution in [2.24, 2.45) is 0 Å². The summed E-state index contributed by atoms with van der Waals surface area (Å²) in [5.74, 6) is -0.173. The van der Waals surface area contributed by atoms with Crippen LogP contribution in [0, 0.1) is 0 Å². The number of rotatable bonds is 6. The number of carbonyl (C=O) groups excluding carboxylic acids is 2. The SMILES string of the molecule is O=C(NC1CN(C2CN(C(=O)c3ccc(Cc4ccc(C(F)(F)F)cc4)cc3)C2)C1)c1nccs1. The molecule has 0 spiro atoms. The number of halogens is 3. The molecule has 2 aromatic carbocycles. The Kier molecular flexibility index (Phi) is 6.33. The molecular formula is C25H23F3N4O2S. The molecule has 2 amide bonds. The Labute approximate surface area is 204 Å². The second-order valence-electron chi connectivity index (χ2n) is 8.89. The van der Waals surface area contributed by atoms with Crippen LogP contribution in [0.3, 0.4) is 0 Å². The summed E-state index contributed by atoms with van der Waals surface area (Å²) in [4.78, 5) is 32.9. The Morgan fingerprint density at radius 2 is 1.60 bits per heavy atom. The Balaban J connectivity index is 1.07. The summed E-state index contributed by atoms with van der Waals surface area (Å²) in [6, 6.07) is 12.7. The first-order chi connectivity index (χ1) is 16.8. The van der Waals surface area contributed by atoms with E-state index in [9.17, 15) is 22.8 Å².